The fourth-order valence-electron chi connectivity index (χ4n) is 20.7. The molecule has 5 N–H and O–H groups in total. The molecule has 0 aromatic heterocycles. The third-order valence-corrected chi connectivity index (χ3v) is 29.6. The Morgan fingerprint density at radius 1 is 0.433 bits per heavy atom. The number of carbonyl (C=O) groups excluding carboxylic acids is 10. The first-order valence-corrected chi connectivity index (χ1v) is 49.3. The van der Waals surface area contributed by atoms with Gasteiger partial charge in [-0.25, -0.2) is 9.59 Å². The summed E-state index contributed by atoms with van der Waals surface area (Å²) in [5.41, 5.74) is 2.54. The SMILES string of the molecule is COCCO[C@@H]1CC[C@@H](C[C@@H](C)[C@@H]2CC(=O)[C@H](C)/C=C(\C)[C@@H](O)[C@@H](OC)C(=O)[C@H](C)C[C@H](C)/C=C/C=C/C=C(\C)[C@@H](OC)C[C@@H]3CC[C@@H](C)[C@@](O)(O3)C(=O)C(=O)N3CCCC[C@H]3C(=O)O2)C[C@H]1OC.CO[C@H]1C[C@@H]2CC[C@@H](C)[C@@](O)(O2)C(=O)C(=O)N2CCCC[C@H]2C(=O)O[C@H]([C@H](C)C[C@@H]2CC[C@@H](O)[C@H](OC)C2)CC(=O)[C@H](C)/C=C(\C)[C@@H](O)[C@@H](OC)C(=O)[C@H](C)C[C@H](C)/C=C/C=CC=C1C. The summed E-state index contributed by atoms with van der Waals surface area (Å²) >= 11 is 0. The Bertz CT molecular complexity index is 4090. The van der Waals surface area contributed by atoms with E-state index in [0.717, 1.165) is 30.4 Å². The maximum absolute atomic E-state index is 14.5. The number of amides is 2. The van der Waals surface area contributed by atoms with E-state index in [1.807, 2.05) is 116 Å². The standard InChI is InChI=1S/C54H85NO14.C51H79NO13/c1-33-17-13-12-14-18-34(2)45(64-9)31-41-22-20-39(7)54(62,69-41)51(59)52(60)55-24-16-15-19-42(55)53(61)68-46(36(4)29-40-21-23-44(47(30-40)65-10)67-26-25-63-8)32-43(56)35(3)28-38(6)49(58)50(66-11)48(57)37(5)27-33;1-30-16-12-11-13-17-31(2)42(61-8)28-38-21-19-36(7)51(60,65-38)48(57)49(58)52-23-15-14-18-39(52)50(59)64-43(33(4)26-37-20-22-40(53)44(27-37)62-9)29-41(54)32(3)25-35(6)46(56)47(63-10)45(55)34(5)24-30/h12-14,17-18,28,33,35-37,39-42,44-47,49-50,58,62H,15-16,19-27,29-32H2,1-11H3;11-13,16-17,25,30,32-34,36-40,42-44,46-47,53,56,60H,14-15,18-24,26-29H2,1-10H3/b14-12+,17-13+,34-18+,38-28+;13-11?,16-12+,31-17?,35-25+/t33-,35-,36-,37-,39-,40+,41+,42+,44-,45+,46+,47-,49-,50+,54-;30-,32-,33-,34-,36-,37+,38+,39+,40-,42+,43+,44-,46-,47+,51-/m11/s1. The van der Waals surface area contributed by atoms with Gasteiger partial charge in [-0.2, -0.15) is 0 Å². The lowest BCUT2D eigenvalue weighted by Crippen LogP contribution is -2.61. The summed E-state index contributed by atoms with van der Waals surface area (Å²) in [6.07, 6.45) is 23.6. The van der Waals surface area contributed by atoms with Crippen molar-refractivity contribution < 1.29 is 130 Å². The lowest BCUT2D eigenvalue weighted by molar-refractivity contribution is -0.265. The summed E-state index contributed by atoms with van der Waals surface area (Å²) in [4.78, 5) is 144. The zero-order chi connectivity index (χ0) is 99.2. The average Bonchev–Trinajstić information content (AvgIpc) is 0.773. The second-order valence-electron chi connectivity index (χ2n) is 40.0. The maximum atomic E-state index is 14.5. The first kappa shape index (κ1) is 114. The number of aliphatic hydroxyl groups is 5. The minimum Gasteiger partial charge on any atom is -0.460 e. The van der Waals surface area contributed by atoms with E-state index >= 15 is 0 Å². The highest BCUT2D eigenvalue weighted by molar-refractivity contribution is 6.39. The van der Waals surface area contributed by atoms with Crippen molar-refractivity contribution in [3.63, 3.8) is 0 Å². The summed E-state index contributed by atoms with van der Waals surface area (Å²) in [7, 11) is 10.8. The van der Waals surface area contributed by atoms with Crippen LogP contribution < -0.4 is 0 Å². The third-order valence-electron chi connectivity index (χ3n) is 29.6. The number of ketones is 6. The molecule has 6 fully saturated rings. The van der Waals surface area contributed by atoms with Crippen LogP contribution in [0.25, 0.3) is 0 Å². The fraction of sp³-hybridized carbons (Fsp3) is 0.752. The van der Waals surface area contributed by atoms with Crippen molar-refractivity contribution in [2.45, 2.75) is 360 Å². The zero-order valence-corrected chi connectivity index (χ0v) is 84.0. The summed E-state index contributed by atoms with van der Waals surface area (Å²) in [6, 6.07) is -2.27. The van der Waals surface area contributed by atoms with E-state index in [1.165, 1.54) is 24.0 Å². The molecule has 2 amide bonds. The van der Waals surface area contributed by atoms with Gasteiger partial charge in [0, 0.05) is 124 Å². The van der Waals surface area contributed by atoms with Crippen molar-refractivity contribution in [3.8, 4) is 0 Å². The smallest absolute Gasteiger partial charge is 0.329 e. The minimum atomic E-state index is -2.43. The molecule has 756 valence electrons. The topological polar surface area (TPSA) is 389 Å². The number of piperidine rings is 2. The summed E-state index contributed by atoms with van der Waals surface area (Å²) < 4.78 is 70.4. The third kappa shape index (κ3) is 31.9. The van der Waals surface area contributed by atoms with Crippen molar-refractivity contribution in [2.24, 2.45) is 71.0 Å². The van der Waals surface area contributed by atoms with Crippen molar-refractivity contribution >= 4 is 58.5 Å². The largest absolute Gasteiger partial charge is 0.460 e. The molecule has 134 heavy (non-hydrogen) atoms. The van der Waals surface area contributed by atoms with Crippen LogP contribution in [0, 0.1) is 71.0 Å². The molecule has 0 aromatic rings. The molecule has 0 unspecified atom stereocenters. The number of methoxy groups -OCH3 is 7. The number of ether oxygens (including phenoxy) is 12. The highest BCUT2D eigenvalue weighted by Gasteiger charge is 2.56. The molecule has 29 heteroatoms. The van der Waals surface area contributed by atoms with Gasteiger partial charge in [0.05, 0.1) is 62.0 Å². The molecule has 0 aromatic carbocycles. The lowest BCUT2D eigenvalue weighted by Gasteiger charge is -2.42. The van der Waals surface area contributed by atoms with Crippen LogP contribution in [0.15, 0.2) is 95.2 Å². The number of nitrogens with zero attached hydrogens (tertiary/aromatic N) is 2. The molecule has 6 aliphatic heterocycles. The summed E-state index contributed by atoms with van der Waals surface area (Å²) in [6.45, 7) is 26.5. The highest BCUT2D eigenvalue weighted by atomic mass is 16.6. The Labute approximate surface area is 797 Å². The number of hydrogen-bond acceptors (Lipinski definition) is 27. The summed E-state index contributed by atoms with van der Waals surface area (Å²) in [5.74, 6) is -15.8. The van der Waals surface area contributed by atoms with Gasteiger partial charge in [0.2, 0.25) is 11.6 Å². The van der Waals surface area contributed by atoms with Crippen molar-refractivity contribution in [2.75, 3.05) is 76.1 Å². The Kier molecular flexibility index (Phi) is 47.1. The van der Waals surface area contributed by atoms with E-state index in [9.17, 15) is 73.5 Å². The molecular formula is C105H164N2O27. The van der Waals surface area contributed by atoms with Gasteiger partial charge in [-0.05, 0) is 214 Å². The van der Waals surface area contributed by atoms with Gasteiger partial charge >= 0.3 is 11.9 Å². The molecule has 29 nitrogen and oxygen atoms in total. The molecule has 0 spiro atoms. The minimum absolute atomic E-state index is 0.0193. The molecule has 8 rings (SSSR count). The number of Topliss-reactive ketones (excluding diaryl/α,β-unsaturated/α-hetero) is 6. The van der Waals surface area contributed by atoms with Crippen LogP contribution in [0.4, 0.5) is 0 Å². The van der Waals surface area contributed by atoms with Gasteiger partial charge in [-0.3, -0.25) is 38.4 Å². The molecule has 4 bridgehead atoms. The second kappa shape index (κ2) is 55.3. The summed E-state index contributed by atoms with van der Waals surface area (Å²) in [5, 5.41) is 57.3. The van der Waals surface area contributed by atoms with Gasteiger partial charge in [0.25, 0.3) is 23.4 Å². The Balaban J connectivity index is 0.000000366. The molecule has 30 atom stereocenters. The van der Waals surface area contributed by atoms with Crippen molar-refractivity contribution in [3.05, 3.63) is 95.2 Å². The van der Waals surface area contributed by atoms with Gasteiger partial charge in [0.15, 0.2) is 11.6 Å². The molecule has 0 radical (unpaired) electrons. The van der Waals surface area contributed by atoms with E-state index in [1.54, 1.807) is 89.2 Å². The van der Waals surface area contributed by atoms with Gasteiger partial charge < -0.3 is 92.2 Å². The molecule has 2 saturated carbocycles. The first-order chi connectivity index (χ1) is 63.5. The van der Waals surface area contributed by atoms with Crippen LogP contribution in [0.2, 0.25) is 0 Å². The van der Waals surface area contributed by atoms with E-state index < -0.39 is 162 Å². The number of cyclic esters (lactones) is 2. The van der Waals surface area contributed by atoms with E-state index in [0.29, 0.717) is 134 Å². The van der Waals surface area contributed by atoms with Crippen LogP contribution in [0.1, 0.15) is 251 Å². The van der Waals surface area contributed by atoms with E-state index in [4.69, 9.17) is 56.8 Å². The Morgan fingerprint density at radius 3 is 1.22 bits per heavy atom. The second-order valence-corrected chi connectivity index (χ2v) is 40.0. The molecule has 8 aliphatic rings. The maximum Gasteiger partial charge on any atom is 0.329 e. The highest BCUT2D eigenvalue weighted by Crippen LogP contribution is 2.42. The van der Waals surface area contributed by atoms with Crippen LogP contribution in [0.3, 0.4) is 0 Å². The number of rotatable bonds is 16. The van der Waals surface area contributed by atoms with Crippen molar-refractivity contribution in [1.29, 1.82) is 0 Å². The molecule has 4 saturated heterocycles. The van der Waals surface area contributed by atoms with Gasteiger partial charge in [-0.15, -0.1) is 0 Å². The Hall–Kier alpha value is -6.78. The van der Waals surface area contributed by atoms with Crippen LogP contribution in [0.5, 0.6) is 0 Å². The van der Waals surface area contributed by atoms with Crippen molar-refractivity contribution in [1.82, 2.24) is 9.80 Å². The fourth-order valence-corrected chi connectivity index (χ4v) is 20.7. The average molecular weight is 1890 g/mol. The van der Waals surface area contributed by atoms with Gasteiger partial charge in [-0.1, -0.05) is 142 Å². The predicted molar refractivity (Wildman–Crippen MR) is 506 cm³/mol. The van der Waals surface area contributed by atoms with E-state index in [2.05, 4.69) is 0 Å². The monoisotopic (exact) mass is 1890 g/mol. The Morgan fingerprint density at radius 2 is 0.836 bits per heavy atom. The number of esters is 2. The number of aliphatic hydroxyl groups excluding tert-OH is 3. The lowest BCUT2D eigenvalue weighted by atomic mass is 9.78. The number of carbonyl (C=O) groups is 10. The normalized spacial score (nSPS) is 38.9. The molecule has 2 aliphatic carbocycles. The van der Waals surface area contributed by atoms with E-state index in [-0.39, 0.29) is 116 Å². The number of hydrogen-bond donors (Lipinski definition) is 5. The first-order valence-electron chi connectivity index (χ1n) is 49.3. The number of allylic oxidation sites excluding steroid dienone is 12. The quantitative estimate of drug-likeness (QED) is 0.0415. The van der Waals surface area contributed by atoms with Crippen LogP contribution >= 0.6 is 0 Å². The van der Waals surface area contributed by atoms with Crippen LogP contribution in [-0.4, -0.2) is 279 Å². The molecule has 6 heterocycles. The predicted octanol–water partition coefficient (Wildman–Crippen LogP) is 13.0. The van der Waals surface area contributed by atoms with Crippen LogP contribution in [-0.2, 0) is 105 Å². The molecular weight excluding hydrogens is 1720 g/mol. The van der Waals surface area contributed by atoms with Gasteiger partial charge in [0.1, 0.15) is 60.3 Å². The zero-order valence-electron chi connectivity index (χ0n) is 84.0. The number of fused-ring (bicyclic) bond motifs is 6.